The number of rotatable bonds is 10. The molecule has 0 amide bonds. The second-order valence-corrected chi connectivity index (χ2v) is 20.6. The third-order valence-electron chi connectivity index (χ3n) is 11.1. The SMILES string of the molecule is FC(F)(F)c1cc(-c2ccccn2)n[nH]1.FC(F)(F)c1cc(-c2ccccn2)n[nH]1.O=P([O-])(c1ccccc1)c1ccccc1Cc1ccc(F)cc1F.O=P([O-])(c1ccccc1)c1ccccc1Cc1ccccc1.[Ir+3]. The fourth-order valence-electron chi connectivity index (χ4n) is 7.33. The summed E-state index contributed by atoms with van der Waals surface area (Å²) in [5, 5.41) is 12.1. The Bertz CT molecular complexity index is 3460. The third kappa shape index (κ3) is 16.0. The number of nitrogens with one attached hydrogen (secondary N) is 2. The Hall–Kier alpha value is -7.49. The van der Waals surface area contributed by atoms with Crippen molar-refractivity contribution in [3.05, 3.63) is 264 Å². The molecule has 0 spiro atoms. The second-order valence-electron chi connectivity index (χ2n) is 16.4. The van der Waals surface area contributed by atoms with Crippen molar-refractivity contribution in [2.75, 3.05) is 0 Å². The normalized spacial score (nSPS) is 12.6. The Balaban J connectivity index is 0.000000169. The molecule has 77 heavy (non-hydrogen) atoms. The van der Waals surface area contributed by atoms with Gasteiger partial charge in [0.25, 0.3) is 0 Å². The van der Waals surface area contributed by atoms with Crippen LogP contribution in [0.25, 0.3) is 22.8 Å². The van der Waals surface area contributed by atoms with Gasteiger partial charge in [-0.05, 0) is 71.1 Å². The number of pyridine rings is 2. The molecule has 10 rings (SSSR count). The van der Waals surface area contributed by atoms with Crippen LogP contribution in [0.3, 0.4) is 0 Å². The van der Waals surface area contributed by atoms with Crippen LogP contribution in [0, 0.1) is 11.6 Å². The van der Waals surface area contributed by atoms with Gasteiger partial charge in [0.05, 0.1) is 26.1 Å². The van der Waals surface area contributed by atoms with E-state index >= 15 is 0 Å². The monoisotopic (exact) mass is 1270 g/mol. The largest absolute Gasteiger partial charge is 3.00 e. The van der Waals surface area contributed by atoms with Crippen molar-refractivity contribution >= 4 is 36.0 Å². The molecule has 394 valence electrons. The summed E-state index contributed by atoms with van der Waals surface area (Å²) in [5.41, 5.74) is 2.09. The quantitative estimate of drug-likeness (QED) is 0.101. The van der Waals surface area contributed by atoms with Crippen molar-refractivity contribution in [2.45, 2.75) is 25.2 Å². The molecule has 0 saturated carbocycles. The molecule has 2 N–H and O–H groups in total. The van der Waals surface area contributed by atoms with Crippen LogP contribution >= 0.6 is 14.7 Å². The molecular weight excluding hydrogens is 1230 g/mol. The molecule has 6 aromatic carbocycles. The summed E-state index contributed by atoms with van der Waals surface area (Å²) < 4.78 is 126. The van der Waals surface area contributed by atoms with E-state index in [0.717, 1.165) is 35.4 Å². The minimum absolute atomic E-state index is 0. The van der Waals surface area contributed by atoms with Gasteiger partial charge in [-0.1, -0.05) is 158 Å². The minimum Gasteiger partial charge on any atom is -0.793 e. The maximum atomic E-state index is 13.9. The van der Waals surface area contributed by atoms with Gasteiger partial charge >= 0.3 is 32.5 Å². The minimum atomic E-state index is -4.40. The topological polar surface area (TPSA) is 163 Å². The first kappa shape index (κ1) is 58.8. The molecule has 0 bridgehead atoms. The zero-order chi connectivity index (χ0) is 54.4. The van der Waals surface area contributed by atoms with Gasteiger partial charge in [-0.3, -0.25) is 20.2 Å². The molecule has 0 aliphatic rings. The van der Waals surface area contributed by atoms with Gasteiger partial charge in [0.2, 0.25) is 0 Å². The van der Waals surface area contributed by atoms with Crippen molar-refractivity contribution in [3.63, 3.8) is 0 Å². The van der Waals surface area contributed by atoms with Gasteiger partial charge in [0.1, 0.15) is 34.4 Å². The van der Waals surface area contributed by atoms with Crippen molar-refractivity contribution in [3.8, 4) is 22.8 Å². The van der Waals surface area contributed by atoms with Crippen LogP contribution in [-0.4, -0.2) is 30.4 Å². The van der Waals surface area contributed by atoms with Crippen LogP contribution in [0.2, 0.25) is 0 Å². The number of nitrogens with zero attached hydrogens (tertiary/aromatic N) is 4. The molecule has 10 nitrogen and oxygen atoms in total. The standard InChI is InChI=1S/C19H15F2O2P.C19H17O2P.2C9H6F3N3.Ir/c20-16-11-10-14(18(21)13-16)12-15-6-4-5-9-19(15)24(22,23)17-7-2-1-3-8-17;20-22(21,18-12-5-2-6-13-18)19-14-8-7-11-17(19)15-16-9-3-1-4-10-16;2*10-9(11,12)8-5-7(14-15-8)6-3-1-2-4-13-6;/h1-11,13H,12H2,(H,22,23);1-14H,15H2,(H,20,21);2*1-5H,(H,14,15);/q;;;;+3/p-2. The molecule has 2 unspecified atom stereocenters. The predicted octanol–water partition coefficient (Wildman–Crippen LogP) is 11.0. The van der Waals surface area contributed by atoms with Gasteiger partial charge in [0.15, 0.2) is 0 Å². The van der Waals surface area contributed by atoms with Crippen LogP contribution in [-0.2, 0) is 54.4 Å². The van der Waals surface area contributed by atoms with E-state index in [9.17, 15) is 54.0 Å². The molecule has 4 heterocycles. The summed E-state index contributed by atoms with van der Waals surface area (Å²) >= 11 is 0. The number of halogens is 8. The van der Waals surface area contributed by atoms with E-state index in [0.29, 0.717) is 34.0 Å². The van der Waals surface area contributed by atoms with Gasteiger partial charge in [0, 0.05) is 46.1 Å². The summed E-state index contributed by atoms with van der Waals surface area (Å²) in [6.45, 7) is 0. The Morgan fingerprint density at radius 1 is 0.429 bits per heavy atom. The van der Waals surface area contributed by atoms with Crippen LogP contribution in [0.4, 0.5) is 35.1 Å². The van der Waals surface area contributed by atoms with Crippen LogP contribution in [0.5, 0.6) is 0 Å². The predicted molar refractivity (Wildman–Crippen MR) is 272 cm³/mol. The number of hydrogen-bond acceptors (Lipinski definition) is 8. The van der Waals surface area contributed by atoms with Gasteiger partial charge in [-0.2, -0.15) is 36.5 Å². The number of alkyl halides is 6. The maximum absolute atomic E-state index is 13.9. The van der Waals surface area contributed by atoms with E-state index < -0.39 is 50.1 Å². The van der Waals surface area contributed by atoms with E-state index in [4.69, 9.17) is 0 Å². The fourth-order valence-corrected chi connectivity index (χ4v) is 10.6. The summed E-state index contributed by atoms with van der Waals surface area (Å²) in [5.74, 6) is -1.35. The summed E-state index contributed by atoms with van der Waals surface area (Å²) in [6.07, 6.45) is -5.13. The Labute approximate surface area is 450 Å². The molecule has 0 radical (unpaired) electrons. The maximum Gasteiger partial charge on any atom is 3.00 e. The average Bonchev–Trinajstić information content (AvgIpc) is 4.15. The van der Waals surface area contributed by atoms with E-state index in [1.165, 1.54) is 36.7 Å². The molecule has 10 aromatic rings. The zero-order valence-corrected chi connectivity index (χ0v) is 44.1. The van der Waals surface area contributed by atoms with Gasteiger partial charge in [-0.25, -0.2) is 8.78 Å². The van der Waals surface area contributed by atoms with Crippen molar-refractivity contribution < 1.29 is 74.1 Å². The molecule has 0 aliphatic carbocycles. The first-order valence-corrected chi connectivity index (χ1v) is 26.0. The van der Waals surface area contributed by atoms with E-state index in [-0.39, 0.29) is 54.1 Å². The molecule has 2 atom stereocenters. The Morgan fingerprint density at radius 3 is 1.21 bits per heavy atom. The number of aromatic nitrogens is 6. The molecule has 0 aliphatic heterocycles. The summed E-state index contributed by atoms with van der Waals surface area (Å²) in [6, 6.07) is 55.4. The Kier molecular flexibility index (Phi) is 20.2. The number of hydrogen-bond donors (Lipinski definition) is 2. The summed E-state index contributed by atoms with van der Waals surface area (Å²) in [7, 11) is -7.86. The Morgan fingerprint density at radius 2 is 0.818 bits per heavy atom. The zero-order valence-electron chi connectivity index (χ0n) is 39.9. The van der Waals surface area contributed by atoms with Crippen LogP contribution in [0.1, 0.15) is 33.6 Å². The molecular formula is C56H42F8IrN6O4P2+. The van der Waals surface area contributed by atoms with Crippen molar-refractivity contribution in [1.29, 1.82) is 0 Å². The second kappa shape index (κ2) is 26.5. The van der Waals surface area contributed by atoms with Crippen molar-refractivity contribution in [1.82, 2.24) is 30.4 Å². The average molecular weight is 1270 g/mol. The number of aromatic amines is 2. The molecule has 0 fully saturated rings. The number of H-pyrrole nitrogens is 2. The fraction of sp³-hybridized carbons (Fsp3) is 0.0714. The van der Waals surface area contributed by atoms with Crippen LogP contribution in [0.15, 0.2) is 219 Å². The van der Waals surface area contributed by atoms with E-state index in [1.54, 1.807) is 109 Å². The molecule has 21 heteroatoms. The number of benzene rings is 6. The molecule has 4 aromatic heterocycles. The van der Waals surface area contributed by atoms with E-state index in [1.807, 2.05) is 58.7 Å². The van der Waals surface area contributed by atoms with Gasteiger partial charge in [-0.15, -0.1) is 0 Å². The van der Waals surface area contributed by atoms with Gasteiger partial charge < -0.3 is 18.9 Å². The van der Waals surface area contributed by atoms with Crippen molar-refractivity contribution in [2.24, 2.45) is 0 Å². The first-order chi connectivity index (χ1) is 36.3. The molecule has 0 saturated heterocycles. The summed E-state index contributed by atoms with van der Waals surface area (Å²) in [4.78, 5) is 33.5. The third-order valence-corrected chi connectivity index (χ3v) is 15.2. The first-order valence-electron chi connectivity index (χ1n) is 22.8. The van der Waals surface area contributed by atoms with E-state index in [2.05, 4.69) is 20.2 Å². The van der Waals surface area contributed by atoms with Crippen LogP contribution < -0.4 is 31.0 Å². The smallest absolute Gasteiger partial charge is 0.793 e.